The van der Waals surface area contributed by atoms with E-state index in [1.165, 1.54) is 65.3 Å². The van der Waals surface area contributed by atoms with Crippen molar-refractivity contribution in [1.82, 2.24) is 0 Å². The van der Waals surface area contributed by atoms with Crippen LogP contribution in [0, 0.1) is 0 Å². The summed E-state index contributed by atoms with van der Waals surface area (Å²) in [5, 5.41) is 12.1. The first-order chi connectivity index (χ1) is 29.7. The first-order valence-electron chi connectivity index (χ1n) is 20.6. The molecule has 0 aliphatic rings. The number of fused-ring (bicyclic) bond motifs is 8. The summed E-state index contributed by atoms with van der Waals surface area (Å²) in [6.07, 6.45) is 0. The lowest BCUT2D eigenvalue weighted by molar-refractivity contribution is 0.669. The third kappa shape index (κ3) is 5.73. The Kier molecular flexibility index (Phi) is 7.89. The predicted molar refractivity (Wildman–Crippen MR) is 255 cm³/mol. The molecule has 2 nitrogen and oxygen atoms in total. The highest BCUT2D eigenvalue weighted by molar-refractivity contribution is 6.17. The van der Waals surface area contributed by atoms with Crippen LogP contribution in [0.25, 0.3) is 98.4 Å². The average molecular weight is 764 g/mol. The van der Waals surface area contributed by atoms with E-state index in [4.69, 9.17) is 4.42 Å². The highest BCUT2D eigenvalue weighted by Gasteiger charge is 2.21. The Morgan fingerprint density at radius 2 is 0.867 bits per heavy atom. The summed E-state index contributed by atoms with van der Waals surface area (Å²) in [5.74, 6) is 0. The zero-order chi connectivity index (χ0) is 39.6. The molecule has 0 N–H and O–H groups in total. The van der Waals surface area contributed by atoms with Gasteiger partial charge in [-0.1, -0.05) is 164 Å². The fourth-order valence-electron chi connectivity index (χ4n) is 9.25. The van der Waals surface area contributed by atoms with Gasteiger partial charge in [-0.3, -0.25) is 0 Å². The molecule has 12 aromatic rings. The molecule has 0 aliphatic carbocycles. The number of hydrogen-bond donors (Lipinski definition) is 0. The number of furan rings is 1. The zero-order valence-corrected chi connectivity index (χ0v) is 32.7. The third-order valence-corrected chi connectivity index (χ3v) is 12.2. The number of rotatable bonds is 6. The zero-order valence-electron chi connectivity index (χ0n) is 32.7. The molecular formula is C58H37NO. The number of nitrogens with zero attached hydrogens (tertiary/aromatic N) is 1. The van der Waals surface area contributed by atoms with Crippen LogP contribution >= 0.6 is 0 Å². The van der Waals surface area contributed by atoms with E-state index in [2.05, 4.69) is 229 Å². The van der Waals surface area contributed by atoms with E-state index in [0.717, 1.165) is 50.1 Å². The van der Waals surface area contributed by atoms with Crippen molar-refractivity contribution in [3.8, 4) is 33.4 Å². The van der Waals surface area contributed by atoms with E-state index in [1.807, 2.05) is 0 Å². The van der Waals surface area contributed by atoms with E-state index in [1.54, 1.807) is 0 Å². The Bertz CT molecular complexity index is 3610. The molecule has 1 aromatic heterocycles. The van der Waals surface area contributed by atoms with Crippen LogP contribution in [0.15, 0.2) is 229 Å². The average Bonchev–Trinajstić information content (AvgIpc) is 3.68. The summed E-state index contributed by atoms with van der Waals surface area (Å²) in [6, 6.07) is 81.4. The van der Waals surface area contributed by atoms with Gasteiger partial charge in [0.1, 0.15) is 11.2 Å². The van der Waals surface area contributed by atoms with Crippen LogP contribution in [0.3, 0.4) is 0 Å². The lowest BCUT2D eigenvalue weighted by Gasteiger charge is -2.28. The van der Waals surface area contributed by atoms with Gasteiger partial charge in [0.25, 0.3) is 0 Å². The van der Waals surface area contributed by atoms with E-state index in [9.17, 15) is 0 Å². The van der Waals surface area contributed by atoms with E-state index >= 15 is 0 Å². The van der Waals surface area contributed by atoms with E-state index < -0.39 is 0 Å². The van der Waals surface area contributed by atoms with Crippen molar-refractivity contribution in [2.45, 2.75) is 0 Å². The molecular weight excluding hydrogens is 727 g/mol. The minimum absolute atomic E-state index is 0.881. The molecule has 0 aliphatic heterocycles. The van der Waals surface area contributed by atoms with Crippen LogP contribution in [-0.2, 0) is 0 Å². The van der Waals surface area contributed by atoms with Gasteiger partial charge in [0, 0.05) is 27.7 Å². The van der Waals surface area contributed by atoms with Crippen molar-refractivity contribution < 1.29 is 4.42 Å². The molecule has 0 fully saturated rings. The molecule has 60 heavy (non-hydrogen) atoms. The van der Waals surface area contributed by atoms with Gasteiger partial charge < -0.3 is 9.32 Å². The van der Waals surface area contributed by atoms with Crippen molar-refractivity contribution >= 4 is 82.1 Å². The van der Waals surface area contributed by atoms with E-state index in [0.29, 0.717) is 0 Å². The Labute approximate surface area is 347 Å². The Hall–Kier alpha value is -7.94. The van der Waals surface area contributed by atoms with Crippen LogP contribution in [0.2, 0.25) is 0 Å². The highest BCUT2D eigenvalue weighted by atomic mass is 16.3. The van der Waals surface area contributed by atoms with Crippen LogP contribution in [0.1, 0.15) is 0 Å². The Morgan fingerprint density at radius 1 is 0.283 bits per heavy atom. The molecule has 0 atom stereocenters. The van der Waals surface area contributed by atoms with Gasteiger partial charge in [-0.25, -0.2) is 0 Å². The van der Waals surface area contributed by atoms with Crippen molar-refractivity contribution in [2.75, 3.05) is 4.90 Å². The van der Waals surface area contributed by atoms with Gasteiger partial charge in [0.2, 0.25) is 0 Å². The number of hydrogen-bond acceptors (Lipinski definition) is 2. The standard InChI is InChI=1S/C58H37NO/c1-2-13-41-34-46(25-23-38(41)11-1)43-17-9-16-42(33-43)39-27-29-48(30-28-39)59(49-31-32-51-47(35-49)26-24-40-12-5-6-18-50(40)51)55-21-8-7-19-52(55)53-20-10-22-56-58(53)54-36-44-14-3-4-15-45(44)37-57(54)60-56/h1-37H. The molecule has 0 bridgehead atoms. The topological polar surface area (TPSA) is 16.4 Å². The normalized spacial score (nSPS) is 11.7. The monoisotopic (exact) mass is 763 g/mol. The molecule has 0 unspecified atom stereocenters. The summed E-state index contributed by atoms with van der Waals surface area (Å²) < 4.78 is 6.57. The molecule has 280 valence electrons. The lowest BCUT2D eigenvalue weighted by Crippen LogP contribution is -2.11. The second-order valence-electron chi connectivity index (χ2n) is 15.7. The van der Waals surface area contributed by atoms with Crippen LogP contribution < -0.4 is 4.90 Å². The minimum Gasteiger partial charge on any atom is -0.456 e. The van der Waals surface area contributed by atoms with Crippen molar-refractivity contribution in [3.05, 3.63) is 224 Å². The van der Waals surface area contributed by atoms with Crippen LogP contribution in [0.4, 0.5) is 17.1 Å². The summed E-state index contributed by atoms with van der Waals surface area (Å²) in [6.45, 7) is 0. The molecule has 0 amide bonds. The first-order valence-corrected chi connectivity index (χ1v) is 20.6. The quantitative estimate of drug-likeness (QED) is 0.157. The van der Waals surface area contributed by atoms with Crippen LogP contribution in [-0.4, -0.2) is 0 Å². The summed E-state index contributed by atoms with van der Waals surface area (Å²) in [4.78, 5) is 2.41. The molecule has 12 rings (SSSR count). The molecule has 0 saturated heterocycles. The maximum atomic E-state index is 6.57. The van der Waals surface area contributed by atoms with Gasteiger partial charge in [0.15, 0.2) is 0 Å². The number of para-hydroxylation sites is 1. The van der Waals surface area contributed by atoms with Crippen molar-refractivity contribution in [1.29, 1.82) is 0 Å². The number of benzene rings is 11. The van der Waals surface area contributed by atoms with Gasteiger partial charge in [-0.15, -0.1) is 0 Å². The fourth-order valence-corrected chi connectivity index (χ4v) is 9.25. The summed E-state index contributed by atoms with van der Waals surface area (Å²) in [5.41, 5.74) is 12.1. The lowest BCUT2D eigenvalue weighted by atomic mass is 9.95. The summed E-state index contributed by atoms with van der Waals surface area (Å²) in [7, 11) is 0. The Balaban J connectivity index is 1.02. The smallest absolute Gasteiger partial charge is 0.136 e. The van der Waals surface area contributed by atoms with Crippen molar-refractivity contribution in [3.63, 3.8) is 0 Å². The second-order valence-corrected chi connectivity index (χ2v) is 15.7. The Morgan fingerprint density at radius 3 is 1.72 bits per heavy atom. The van der Waals surface area contributed by atoms with Gasteiger partial charge in [-0.05, 0) is 132 Å². The minimum atomic E-state index is 0.881. The van der Waals surface area contributed by atoms with E-state index in [-0.39, 0.29) is 0 Å². The molecule has 0 spiro atoms. The fraction of sp³-hybridized carbons (Fsp3) is 0. The molecule has 11 aromatic carbocycles. The number of anilines is 3. The largest absolute Gasteiger partial charge is 0.456 e. The van der Waals surface area contributed by atoms with Gasteiger partial charge in [-0.2, -0.15) is 0 Å². The van der Waals surface area contributed by atoms with Crippen molar-refractivity contribution in [2.24, 2.45) is 0 Å². The second kappa shape index (κ2) is 13.9. The predicted octanol–water partition coefficient (Wildman–Crippen LogP) is 16.7. The molecule has 1 heterocycles. The highest BCUT2D eigenvalue weighted by Crippen LogP contribution is 2.46. The maximum absolute atomic E-state index is 6.57. The maximum Gasteiger partial charge on any atom is 0.136 e. The SMILES string of the molecule is c1cc(-c2ccc(N(c3ccc4c(ccc5ccccc54)c3)c3ccccc3-c3cccc4oc5cc6ccccc6cc5c34)cc2)cc(-c2ccc3ccccc3c2)c1. The summed E-state index contributed by atoms with van der Waals surface area (Å²) >= 11 is 0. The first kappa shape index (κ1) is 34.1. The van der Waals surface area contributed by atoms with Gasteiger partial charge >= 0.3 is 0 Å². The molecule has 0 saturated carbocycles. The third-order valence-electron chi connectivity index (χ3n) is 12.2. The molecule has 2 heteroatoms. The van der Waals surface area contributed by atoms with Gasteiger partial charge in [0.05, 0.1) is 5.69 Å². The molecule has 0 radical (unpaired) electrons. The van der Waals surface area contributed by atoms with Crippen LogP contribution in [0.5, 0.6) is 0 Å².